The molecule has 1 aliphatic rings. The van der Waals surface area contributed by atoms with Gasteiger partial charge in [0.25, 0.3) is 0 Å². The largest absolute Gasteiger partial charge is 0.489 e. The minimum atomic E-state index is -0.351. The lowest BCUT2D eigenvalue weighted by Crippen LogP contribution is -2.14. The molecule has 0 atom stereocenters. The van der Waals surface area contributed by atoms with Crippen LogP contribution in [0.4, 0.5) is 4.39 Å². The number of fused-ring (bicyclic) bond motifs is 1. The van der Waals surface area contributed by atoms with Crippen LogP contribution in [0.5, 0.6) is 11.5 Å². The second-order valence-corrected chi connectivity index (χ2v) is 5.34. The topological polar surface area (TPSA) is 27.7 Å². The third kappa shape index (κ3) is 3.23. The predicted molar refractivity (Wildman–Crippen MR) is 77.5 cm³/mol. The zero-order valence-electron chi connectivity index (χ0n) is 10.9. The standard InChI is InChI=1S/C15H11Cl2FO3/c16-13-2-1-12(5-14(13)17)20-7-10-4-11(18)3-9-6-19-8-21-15(9)10/h1-5H,6-8H2. The van der Waals surface area contributed by atoms with Gasteiger partial charge < -0.3 is 14.2 Å². The molecule has 0 aliphatic carbocycles. The molecule has 0 unspecified atom stereocenters. The van der Waals surface area contributed by atoms with E-state index in [9.17, 15) is 4.39 Å². The Kier molecular flexibility index (Phi) is 4.19. The number of rotatable bonds is 3. The molecule has 6 heteroatoms. The molecule has 3 nitrogen and oxygen atoms in total. The normalized spacial score (nSPS) is 13.5. The van der Waals surface area contributed by atoms with E-state index in [1.165, 1.54) is 12.1 Å². The fraction of sp³-hybridized carbons (Fsp3) is 0.200. The van der Waals surface area contributed by atoms with Gasteiger partial charge in [-0.2, -0.15) is 0 Å². The molecule has 1 heterocycles. The van der Waals surface area contributed by atoms with Crippen LogP contribution in [-0.4, -0.2) is 6.79 Å². The maximum Gasteiger partial charge on any atom is 0.189 e. The summed E-state index contributed by atoms with van der Waals surface area (Å²) in [4.78, 5) is 0. The summed E-state index contributed by atoms with van der Waals surface area (Å²) in [6, 6.07) is 7.74. The first kappa shape index (κ1) is 14.4. The molecule has 2 aromatic carbocycles. The molecule has 0 bridgehead atoms. The first-order chi connectivity index (χ1) is 10.1. The summed E-state index contributed by atoms with van der Waals surface area (Å²) in [6.45, 7) is 0.642. The van der Waals surface area contributed by atoms with Gasteiger partial charge in [0, 0.05) is 17.2 Å². The molecule has 2 aromatic rings. The highest BCUT2D eigenvalue weighted by Crippen LogP contribution is 2.31. The van der Waals surface area contributed by atoms with E-state index in [0.717, 1.165) is 0 Å². The molecule has 110 valence electrons. The molecule has 21 heavy (non-hydrogen) atoms. The van der Waals surface area contributed by atoms with E-state index >= 15 is 0 Å². The van der Waals surface area contributed by atoms with Gasteiger partial charge in [0.2, 0.25) is 0 Å². The smallest absolute Gasteiger partial charge is 0.189 e. The van der Waals surface area contributed by atoms with Gasteiger partial charge >= 0.3 is 0 Å². The number of ether oxygens (including phenoxy) is 3. The maximum absolute atomic E-state index is 13.6. The van der Waals surface area contributed by atoms with Crippen LogP contribution in [0.15, 0.2) is 30.3 Å². The van der Waals surface area contributed by atoms with Crippen molar-refractivity contribution >= 4 is 23.2 Å². The van der Waals surface area contributed by atoms with Crippen molar-refractivity contribution in [3.63, 3.8) is 0 Å². The minimum Gasteiger partial charge on any atom is -0.489 e. The Balaban J connectivity index is 1.81. The Bertz CT molecular complexity index is 676. The van der Waals surface area contributed by atoms with Crippen molar-refractivity contribution in [2.24, 2.45) is 0 Å². The van der Waals surface area contributed by atoms with Crippen molar-refractivity contribution < 1.29 is 18.6 Å². The van der Waals surface area contributed by atoms with Gasteiger partial charge in [-0.25, -0.2) is 4.39 Å². The Morgan fingerprint density at radius 3 is 2.81 bits per heavy atom. The van der Waals surface area contributed by atoms with Crippen LogP contribution in [-0.2, 0) is 18.0 Å². The average Bonchev–Trinajstić information content (AvgIpc) is 2.48. The predicted octanol–water partition coefficient (Wildman–Crippen LogP) is 4.58. The first-order valence-corrected chi connectivity index (χ1v) is 6.99. The van der Waals surface area contributed by atoms with Crippen molar-refractivity contribution in [1.29, 1.82) is 0 Å². The van der Waals surface area contributed by atoms with Crippen LogP contribution in [0.1, 0.15) is 11.1 Å². The van der Waals surface area contributed by atoms with E-state index in [0.29, 0.717) is 39.3 Å². The molecule has 0 N–H and O–H groups in total. The van der Waals surface area contributed by atoms with Gasteiger partial charge in [0.1, 0.15) is 23.9 Å². The lowest BCUT2D eigenvalue weighted by atomic mass is 10.1. The Morgan fingerprint density at radius 1 is 1.14 bits per heavy atom. The molecule has 0 aromatic heterocycles. The summed E-state index contributed by atoms with van der Waals surface area (Å²) in [5.74, 6) is 0.813. The molecular formula is C15H11Cl2FO3. The summed E-state index contributed by atoms with van der Waals surface area (Å²) in [5, 5.41) is 0.854. The average molecular weight is 329 g/mol. The first-order valence-electron chi connectivity index (χ1n) is 6.23. The fourth-order valence-corrected chi connectivity index (χ4v) is 2.38. The fourth-order valence-electron chi connectivity index (χ4n) is 2.09. The second-order valence-electron chi connectivity index (χ2n) is 4.53. The molecule has 0 spiro atoms. The summed E-state index contributed by atoms with van der Waals surface area (Å²) < 4.78 is 29.8. The summed E-state index contributed by atoms with van der Waals surface area (Å²) >= 11 is 11.8. The minimum absolute atomic E-state index is 0.151. The van der Waals surface area contributed by atoms with Crippen LogP contribution < -0.4 is 9.47 Å². The Labute approximate surface area is 131 Å². The number of benzene rings is 2. The molecule has 1 aliphatic heterocycles. The molecule has 0 fully saturated rings. The number of halogens is 3. The molecule has 0 radical (unpaired) electrons. The third-order valence-electron chi connectivity index (χ3n) is 3.04. The summed E-state index contributed by atoms with van der Waals surface area (Å²) in [7, 11) is 0. The van der Waals surface area contributed by atoms with Gasteiger partial charge in [-0.15, -0.1) is 0 Å². The van der Waals surface area contributed by atoms with Gasteiger partial charge in [0.05, 0.1) is 16.7 Å². The van der Waals surface area contributed by atoms with Crippen molar-refractivity contribution in [2.75, 3.05) is 6.79 Å². The highest BCUT2D eigenvalue weighted by molar-refractivity contribution is 6.42. The van der Waals surface area contributed by atoms with Crippen LogP contribution in [0.3, 0.4) is 0 Å². The zero-order chi connectivity index (χ0) is 14.8. The van der Waals surface area contributed by atoms with E-state index in [1.807, 2.05) is 0 Å². The maximum atomic E-state index is 13.6. The lowest BCUT2D eigenvalue weighted by Gasteiger charge is -2.21. The van der Waals surface area contributed by atoms with Crippen molar-refractivity contribution in [3.05, 3.63) is 57.3 Å². The van der Waals surface area contributed by atoms with Crippen LogP contribution >= 0.6 is 23.2 Å². The second kappa shape index (κ2) is 6.10. The van der Waals surface area contributed by atoms with Gasteiger partial charge in [0.15, 0.2) is 6.79 Å². The van der Waals surface area contributed by atoms with Gasteiger partial charge in [-0.1, -0.05) is 23.2 Å². The zero-order valence-corrected chi connectivity index (χ0v) is 12.4. The van der Waals surface area contributed by atoms with E-state index < -0.39 is 0 Å². The van der Waals surface area contributed by atoms with Crippen molar-refractivity contribution in [3.8, 4) is 11.5 Å². The Hall–Kier alpha value is -1.49. The lowest BCUT2D eigenvalue weighted by molar-refractivity contribution is -0.0178. The van der Waals surface area contributed by atoms with E-state index in [1.54, 1.807) is 18.2 Å². The number of hydrogen-bond donors (Lipinski definition) is 0. The van der Waals surface area contributed by atoms with E-state index in [2.05, 4.69) is 0 Å². The van der Waals surface area contributed by atoms with Crippen LogP contribution in [0.25, 0.3) is 0 Å². The van der Waals surface area contributed by atoms with Crippen LogP contribution in [0, 0.1) is 5.82 Å². The number of hydrogen-bond acceptors (Lipinski definition) is 3. The van der Waals surface area contributed by atoms with Gasteiger partial charge in [-0.05, 0) is 24.3 Å². The molecule has 0 saturated heterocycles. The van der Waals surface area contributed by atoms with E-state index in [4.69, 9.17) is 37.4 Å². The third-order valence-corrected chi connectivity index (χ3v) is 3.78. The molecule has 3 rings (SSSR count). The van der Waals surface area contributed by atoms with E-state index in [-0.39, 0.29) is 19.2 Å². The highest BCUT2D eigenvalue weighted by Gasteiger charge is 2.17. The van der Waals surface area contributed by atoms with Crippen molar-refractivity contribution in [1.82, 2.24) is 0 Å². The monoisotopic (exact) mass is 328 g/mol. The summed E-state index contributed by atoms with van der Waals surface area (Å²) in [5.41, 5.74) is 1.30. The highest BCUT2D eigenvalue weighted by atomic mass is 35.5. The quantitative estimate of drug-likeness (QED) is 0.825. The van der Waals surface area contributed by atoms with Crippen LogP contribution in [0.2, 0.25) is 10.0 Å². The van der Waals surface area contributed by atoms with Crippen molar-refractivity contribution in [2.45, 2.75) is 13.2 Å². The molecule has 0 amide bonds. The summed E-state index contributed by atoms with van der Waals surface area (Å²) in [6.07, 6.45) is 0. The molecular weight excluding hydrogens is 318 g/mol. The van der Waals surface area contributed by atoms with Gasteiger partial charge in [-0.3, -0.25) is 0 Å². The molecule has 0 saturated carbocycles. The Morgan fingerprint density at radius 2 is 2.00 bits per heavy atom. The SMILES string of the molecule is Fc1cc2c(c(COc3ccc(Cl)c(Cl)c3)c1)OCOC2.